The van der Waals surface area contributed by atoms with Gasteiger partial charge in [0.1, 0.15) is 11.4 Å². The Morgan fingerprint density at radius 1 is 1.42 bits per heavy atom. The molecule has 3 heteroatoms. The summed E-state index contributed by atoms with van der Waals surface area (Å²) < 4.78 is 5.43. The third-order valence-electron chi connectivity index (χ3n) is 1.63. The molecule has 0 aliphatic heterocycles. The smallest absolute Gasteiger partial charge is 0.126 e. The van der Waals surface area contributed by atoms with E-state index < -0.39 is 5.60 Å². The second-order valence-electron chi connectivity index (χ2n) is 3.21. The van der Waals surface area contributed by atoms with E-state index in [-0.39, 0.29) is 0 Å². The fraction of sp³-hybridized carbons (Fsp3) is 0.889. The van der Waals surface area contributed by atoms with Crippen molar-refractivity contribution in [2.45, 2.75) is 39.7 Å². The van der Waals surface area contributed by atoms with Crippen LogP contribution in [0.5, 0.6) is 0 Å². The number of aliphatic imine (C=N–C) groups is 1. The maximum absolute atomic E-state index is 5.75. The van der Waals surface area contributed by atoms with Crippen molar-refractivity contribution in [3.05, 3.63) is 0 Å². The fourth-order valence-electron chi connectivity index (χ4n) is 0.857. The first kappa shape index (κ1) is 11.4. The van der Waals surface area contributed by atoms with Crippen molar-refractivity contribution in [1.82, 2.24) is 0 Å². The van der Waals surface area contributed by atoms with Gasteiger partial charge in [-0.15, -0.1) is 0 Å². The molecule has 0 saturated carbocycles. The van der Waals surface area contributed by atoms with Gasteiger partial charge in [0.25, 0.3) is 0 Å². The maximum Gasteiger partial charge on any atom is 0.126 e. The summed E-state index contributed by atoms with van der Waals surface area (Å²) in [5.74, 6) is 0.589. The van der Waals surface area contributed by atoms with Crippen LogP contribution in [0, 0.1) is 0 Å². The predicted molar refractivity (Wildman–Crippen MR) is 52.5 cm³/mol. The van der Waals surface area contributed by atoms with E-state index in [1.54, 1.807) is 0 Å². The van der Waals surface area contributed by atoms with Gasteiger partial charge >= 0.3 is 0 Å². The molecule has 0 aliphatic carbocycles. The first-order valence-electron chi connectivity index (χ1n) is 4.49. The summed E-state index contributed by atoms with van der Waals surface area (Å²) in [6.07, 6.45) is 1.02. The molecule has 0 fully saturated rings. The van der Waals surface area contributed by atoms with Gasteiger partial charge < -0.3 is 10.5 Å². The quantitative estimate of drug-likeness (QED) is 0.505. The highest BCUT2D eigenvalue weighted by Crippen LogP contribution is 2.08. The van der Waals surface area contributed by atoms with Crippen LogP contribution < -0.4 is 5.73 Å². The number of amidine groups is 1. The summed E-state index contributed by atoms with van der Waals surface area (Å²) in [5.41, 5.74) is 5.34. The van der Waals surface area contributed by atoms with Gasteiger partial charge in [-0.1, -0.05) is 6.92 Å². The molecule has 0 rings (SSSR count). The second kappa shape index (κ2) is 5.14. The molecule has 3 nitrogen and oxygen atoms in total. The van der Waals surface area contributed by atoms with E-state index in [2.05, 4.69) is 11.9 Å². The van der Waals surface area contributed by atoms with Crippen LogP contribution in [0.4, 0.5) is 0 Å². The number of nitrogens with two attached hydrogens (primary N) is 1. The zero-order chi connectivity index (χ0) is 9.61. The highest BCUT2D eigenvalue weighted by Gasteiger charge is 2.22. The Morgan fingerprint density at radius 2 is 2.00 bits per heavy atom. The lowest BCUT2D eigenvalue weighted by Gasteiger charge is -2.23. The summed E-state index contributed by atoms with van der Waals surface area (Å²) in [5, 5.41) is 0. The lowest BCUT2D eigenvalue weighted by atomic mass is 10.1. The molecule has 72 valence electrons. The molecule has 0 aliphatic rings. The van der Waals surface area contributed by atoms with Crippen LogP contribution in [0.25, 0.3) is 0 Å². The van der Waals surface area contributed by atoms with Gasteiger partial charge in [-0.3, -0.25) is 4.99 Å². The van der Waals surface area contributed by atoms with Gasteiger partial charge in [0.15, 0.2) is 0 Å². The minimum absolute atomic E-state index is 0.413. The Balaban J connectivity index is 4.12. The van der Waals surface area contributed by atoms with Crippen molar-refractivity contribution < 1.29 is 4.74 Å². The fourth-order valence-corrected chi connectivity index (χ4v) is 0.857. The normalized spacial score (nSPS) is 13.5. The van der Waals surface area contributed by atoms with Crippen LogP contribution >= 0.6 is 0 Å². The maximum atomic E-state index is 5.75. The highest BCUT2D eigenvalue weighted by molar-refractivity contribution is 5.88. The van der Waals surface area contributed by atoms with Crippen molar-refractivity contribution in [3.63, 3.8) is 0 Å². The summed E-state index contributed by atoms with van der Waals surface area (Å²) in [7, 11) is 0. The van der Waals surface area contributed by atoms with E-state index in [1.165, 1.54) is 0 Å². The minimum atomic E-state index is -0.413. The number of rotatable bonds is 5. The van der Waals surface area contributed by atoms with Crippen LogP contribution in [0.3, 0.4) is 0 Å². The standard InChI is InChI=1S/C9H20N2O/c1-5-7-11-8(10)9(3,4)12-6-2/h5-7H2,1-4H3,(H2,10,11). The zero-order valence-electron chi connectivity index (χ0n) is 8.55. The Hall–Kier alpha value is -0.570. The van der Waals surface area contributed by atoms with Crippen LogP contribution in [0.1, 0.15) is 34.1 Å². The van der Waals surface area contributed by atoms with Gasteiger partial charge in [0.05, 0.1) is 0 Å². The molecule has 0 radical (unpaired) electrons. The summed E-state index contributed by atoms with van der Waals surface area (Å²) in [4.78, 5) is 4.20. The molecule has 0 aromatic rings. The van der Waals surface area contributed by atoms with Crippen LogP contribution in [-0.4, -0.2) is 24.6 Å². The van der Waals surface area contributed by atoms with Gasteiger partial charge in [0, 0.05) is 13.2 Å². The first-order valence-corrected chi connectivity index (χ1v) is 4.49. The van der Waals surface area contributed by atoms with E-state index in [1.807, 2.05) is 20.8 Å². The highest BCUT2D eigenvalue weighted by atomic mass is 16.5. The van der Waals surface area contributed by atoms with E-state index in [4.69, 9.17) is 10.5 Å². The van der Waals surface area contributed by atoms with Crippen molar-refractivity contribution >= 4 is 5.84 Å². The SMILES string of the molecule is CCCN=C(N)C(C)(C)OCC. The first-order chi connectivity index (χ1) is 5.54. The molecule has 0 saturated heterocycles. The molecule has 2 N–H and O–H groups in total. The molecule has 0 spiro atoms. The second-order valence-corrected chi connectivity index (χ2v) is 3.21. The van der Waals surface area contributed by atoms with Crippen molar-refractivity contribution in [2.24, 2.45) is 10.7 Å². The Morgan fingerprint density at radius 3 is 2.42 bits per heavy atom. The average molecular weight is 172 g/mol. The third kappa shape index (κ3) is 3.72. The molecule has 0 aromatic heterocycles. The molecule has 0 aromatic carbocycles. The van der Waals surface area contributed by atoms with Crippen molar-refractivity contribution in [2.75, 3.05) is 13.2 Å². The van der Waals surface area contributed by atoms with Crippen LogP contribution in [0.2, 0.25) is 0 Å². The summed E-state index contributed by atoms with van der Waals surface area (Å²) >= 11 is 0. The van der Waals surface area contributed by atoms with Gasteiger partial charge in [-0.05, 0) is 27.2 Å². The van der Waals surface area contributed by atoms with Crippen molar-refractivity contribution in [1.29, 1.82) is 0 Å². The monoisotopic (exact) mass is 172 g/mol. The minimum Gasteiger partial charge on any atom is -0.385 e. The average Bonchev–Trinajstić information content (AvgIpc) is 2.00. The topological polar surface area (TPSA) is 47.6 Å². The lowest BCUT2D eigenvalue weighted by Crippen LogP contribution is -2.41. The Bertz CT molecular complexity index is 153. The third-order valence-corrected chi connectivity index (χ3v) is 1.63. The molecule has 0 unspecified atom stereocenters. The number of nitrogens with zero attached hydrogens (tertiary/aromatic N) is 1. The number of ether oxygens (including phenoxy) is 1. The zero-order valence-corrected chi connectivity index (χ0v) is 8.55. The molecular weight excluding hydrogens is 152 g/mol. The summed E-state index contributed by atoms with van der Waals surface area (Å²) in [6, 6.07) is 0. The van der Waals surface area contributed by atoms with Gasteiger partial charge in [0.2, 0.25) is 0 Å². The van der Waals surface area contributed by atoms with E-state index in [0.29, 0.717) is 12.4 Å². The van der Waals surface area contributed by atoms with Crippen LogP contribution in [0.15, 0.2) is 4.99 Å². The Kier molecular flexibility index (Phi) is 4.90. The van der Waals surface area contributed by atoms with E-state index in [9.17, 15) is 0 Å². The molecular formula is C9H20N2O. The van der Waals surface area contributed by atoms with E-state index >= 15 is 0 Å². The van der Waals surface area contributed by atoms with Gasteiger partial charge in [-0.2, -0.15) is 0 Å². The molecule has 0 atom stereocenters. The molecule has 0 bridgehead atoms. The molecule has 0 heterocycles. The van der Waals surface area contributed by atoms with Crippen LogP contribution in [-0.2, 0) is 4.74 Å². The largest absolute Gasteiger partial charge is 0.385 e. The number of hydrogen-bond acceptors (Lipinski definition) is 2. The lowest BCUT2D eigenvalue weighted by molar-refractivity contribution is 0.0429. The number of hydrogen-bond donors (Lipinski definition) is 1. The van der Waals surface area contributed by atoms with Crippen molar-refractivity contribution in [3.8, 4) is 0 Å². The molecule has 0 amide bonds. The summed E-state index contributed by atoms with van der Waals surface area (Å²) in [6.45, 7) is 9.34. The van der Waals surface area contributed by atoms with E-state index in [0.717, 1.165) is 13.0 Å². The Labute approximate surface area is 75.0 Å². The van der Waals surface area contributed by atoms with Gasteiger partial charge in [-0.25, -0.2) is 0 Å². The predicted octanol–water partition coefficient (Wildman–Crippen LogP) is 1.57. The molecule has 12 heavy (non-hydrogen) atoms.